The van der Waals surface area contributed by atoms with E-state index in [1.165, 1.54) is 4.57 Å². The van der Waals surface area contributed by atoms with Gasteiger partial charge < -0.3 is 19.6 Å². The summed E-state index contributed by atoms with van der Waals surface area (Å²) in [4.78, 5) is 32.2. The molecular formula is C25H26N4O3. The fraction of sp³-hybridized carbons (Fsp3) is 0.320. The van der Waals surface area contributed by atoms with Crippen molar-refractivity contribution in [3.8, 4) is 0 Å². The van der Waals surface area contributed by atoms with Gasteiger partial charge in [-0.05, 0) is 44.0 Å². The van der Waals surface area contributed by atoms with E-state index in [1.807, 2.05) is 49.4 Å². The van der Waals surface area contributed by atoms with E-state index in [-0.39, 0.29) is 16.5 Å². The van der Waals surface area contributed by atoms with Gasteiger partial charge in [-0.2, -0.15) is 0 Å². The summed E-state index contributed by atoms with van der Waals surface area (Å²) >= 11 is 0. The number of oxazole rings is 1. The van der Waals surface area contributed by atoms with Crippen molar-refractivity contribution in [2.75, 3.05) is 18.0 Å². The molecule has 2 aromatic carbocycles. The number of piperidine rings is 1. The van der Waals surface area contributed by atoms with Crippen LogP contribution in [0.25, 0.3) is 22.0 Å². The molecule has 1 saturated heterocycles. The monoisotopic (exact) mass is 430 g/mol. The normalized spacial score (nSPS) is 16.0. The molecule has 7 nitrogen and oxygen atoms in total. The van der Waals surface area contributed by atoms with Crippen molar-refractivity contribution in [2.24, 2.45) is 12.8 Å². The Kier molecular flexibility index (Phi) is 4.58. The number of anilines is 1. The van der Waals surface area contributed by atoms with Gasteiger partial charge in [0.1, 0.15) is 11.1 Å². The zero-order valence-corrected chi connectivity index (χ0v) is 18.5. The van der Waals surface area contributed by atoms with Gasteiger partial charge in [0.25, 0.3) is 11.5 Å². The van der Waals surface area contributed by atoms with Crippen molar-refractivity contribution >= 4 is 33.6 Å². The zero-order chi connectivity index (χ0) is 22.6. The molecule has 1 aliphatic heterocycles. The van der Waals surface area contributed by atoms with Crippen LogP contribution in [0.5, 0.6) is 0 Å². The maximum atomic E-state index is 13.0. The highest BCUT2D eigenvalue weighted by atomic mass is 16.3. The van der Waals surface area contributed by atoms with Crippen LogP contribution in [0.15, 0.2) is 51.7 Å². The maximum absolute atomic E-state index is 13.0. The van der Waals surface area contributed by atoms with Gasteiger partial charge in [0.15, 0.2) is 5.58 Å². The molecular weight excluding hydrogens is 404 g/mol. The number of nitrogens with two attached hydrogens (primary N) is 1. The number of fused-ring (bicyclic) bond motifs is 2. The molecule has 0 radical (unpaired) electrons. The summed E-state index contributed by atoms with van der Waals surface area (Å²) in [7, 11) is 1.68. The third kappa shape index (κ3) is 3.07. The summed E-state index contributed by atoms with van der Waals surface area (Å²) in [6.07, 6.45) is 1.56. The van der Waals surface area contributed by atoms with E-state index < -0.39 is 5.91 Å². The van der Waals surface area contributed by atoms with Crippen LogP contribution in [-0.4, -0.2) is 28.5 Å². The molecule has 1 amide bonds. The Labute approximate surface area is 185 Å². The molecule has 32 heavy (non-hydrogen) atoms. The summed E-state index contributed by atoms with van der Waals surface area (Å²) in [5.74, 6) is 0.0365. The minimum Gasteiger partial charge on any atom is -0.440 e. The topological polar surface area (TPSA) is 94.4 Å². The van der Waals surface area contributed by atoms with E-state index in [1.54, 1.807) is 7.05 Å². The molecule has 1 aliphatic rings. The lowest BCUT2D eigenvalue weighted by Gasteiger charge is -2.39. The van der Waals surface area contributed by atoms with Gasteiger partial charge >= 0.3 is 0 Å². The van der Waals surface area contributed by atoms with Crippen molar-refractivity contribution in [2.45, 2.75) is 32.1 Å². The van der Waals surface area contributed by atoms with Crippen LogP contribution in [-0.2, 0) is 12.5 Å². The van der Waals surface area contributed by atoms with Crippen molar-refractivity contribution in [1.82, 2.24) is 9.55 Å². The first-order valence-electron chi connectivity index (χ1n) is 10.8. The first-order chi connectivity index (χ1) is 15.3. The van der Waals surface area contributed by atoms with Crippen LogP contribution in [0.1, 0.15) is 41.6 Å². The fourth-order valence-electron chi connectivity index (χ4n) is 4.76. The van der Waals surface area contributed by atoms with E-state index in [2.05, 4.69) is 11.8 Å². The first kappa shape index (κ1) is 20.3. The van der Waals surface area contributed by atoms with Gasteiger partial charge in [-0.15, -0.1) is 0 Å². The predicted molar refractivity (Wildman–Crippen MR) is 125 cm³/mol. The Hall–Kier alpha value is -3.61. The molecule has 0 bridgehead atoms. The van der Waals surface area contributed by atoms with Gasteiger partial charge in [0, 0.05) is 30.9 Å². The quantitative estimate of drug-likeness (QED) is 0.535. The van der Waals surface area contributed by atoms with Gasteiger partial charge in [0.2, 0.25) is 5.89 Å². The largest absolute Gasteiger partial charge is 0.440 e. The number of para-hydroxylation sites is 2. The zero-order valence-electron chi connectivity index (χ0n) is 18.5. The third-order valence-corrected chi connectivity index (χ3v) is 6.76. The smallest absolute Gasteiger partial charge is 0.265 e. The van der Waals surface area contributed by atoms with Crippen LogP contribution >= 0.6 is 0 Å². The van der Waals surface area contributed by atoms with Gasteiger partial charge in [0.05, 0.1) is 11.2 Å². The lowest BCUT2D eigenvalue weighted by Crippen LogP contribution is -2.43. The van der Waals surface area contributed by atoms with Crippen LogP contribution in [0.3, 0.4) is 0 Å². The second-order valence-electron chi connectivity index (χ2n) is 9.01. The van der Waals surface area contributed by atoms with E-state index in [9.17, 15) is 9.59 Å². The number of benzene rings is 2. The highest BCUT2D eigenvalue weighted by molar-refractivity contribution is 6.07. The third-order valence-electron chi connectivity index (χ3n) is 6.76. The molecule has 0 unspecified atom stereocenters. The molecule has 0 spiro atoms. The molecule has 2 aromatic heterocycles. The van der Waals surface area contributed by atoms with Crippen LogP contribution in [0, 0.1) is 6.92 Å². The SMILES string of the molecule is Cc1ccc2c(c1)c(N1CCC(C)(c3nc4ccccc4o3)CC1)c(C(N)=O)c(=O)n2C. The van der Waals surface area contributed by atoms with Crippen LogP contribution in [0.2, 0.25) is 0 Å². The molecule has 3 heterocycles. The number of amides is 1. The molecule has 5 rings (SSSR count). The number of carbonyl (C=O) groups excluding carboxylic acids is 1. The molecule has 0 atom stereocenters. The van der Waals surface area contributed by atoms with Crippen molar-refractivity contribution in [3.05, 3.63) is 69.8 Å². The Morgan fingerprint density at radius 3 is 2.56 bits per heavy atom. The lowest BCUT2D eigenvalue weighted by atomic mass is 9.80. The van der Waals surface area contributed by atoms with Crippen molar-refractivity contribution in [1.29, 1.82) is 0 Å². The van der Waals surface area contributed by atoms with E-state index in [0.717, 1.165) is 46.3 Å². The highest BCUT2D eigenvalue weighted by Gasteiger charge is 2.38. The second kappa shape index (κ2) is 7.22. The molecule has 164 valence electrons. The number of aromatic nitrogens is 2. The number of carbonyl (C=O) groups is 1. The predicted octanol–water partition coefficient (Wildman–Crippen LogP) is 3.65. The standard InChI is InChI=1S/C25H26N4O3/c1-15-8-9-18-16(14-15)21(20(22(26)30)23(31)28(18)3)29-12-10-25(2,11-13-29)24-27-17-6-4-5-7-19(17)32-24/h4-9,14H,10-13H2,1-3H3,(H2,26,30). The number of rotatable bonds is 3. The molecule has 0 aliphatic carbocycles. The number of primary amides is 1. The first-order valence-corrected chi connectivity index (χ1v) is 10.8. The fourth-order valence-corrected chi connectivity index (χ4v) is 4.76. The number of hydrogen-bond donors (Lipinski definition) is 1. The average Bonchev–Trinajstić information content (AvgIpc) is 3.22. The van der Waals surface area contributed by atoms with E-state index >= 15 is 0 Å². The molecule has 1 fully saturated rings. The lowest BCUT2D eigenvalue weighted by molar-refractivity contribution is 0.0999. The highest BCUT2D eigenvalue weighted by Crippen LogP contribution is 2.39. The molecule has 7 heteroatoms. The summed E-state index contributed by atoms with van der Waals surface area (Å²) in [5, 5.41) is 0.867. The van der Waals surface area contributed by atoms with Crippen LogP contribution < -0.4 is 16.2 Å². The Balaban J connectivity index is 1.57. The summed E-state index contributed by atoms with van der Waals surface area (Å²) in [6.45, 7) is 5.48. The number of nitrogens with zero attached hydrogens (tertiary/aromatic N) is 3. The van der Waals surface area contributed by atoms with E-state index in [4.69, 9.17) is 15.1 Å². The average molecular weight is 431 g/mol. The Morgan fingerprint density at radius 1 is 1.16 bits per heavy atom. The van der Waals surface area contributed by atoms with Gasteiger partial charge in [-0.25, -0.2) is 4.98 Å². The van der Waals surface area contributed by atoms with Crippen molar-refractivity contribution < 1.29 is 9.21 Å². The number of pyridine rings is 1. The number of hydrogen-bond acceptors (Lipinski definition) is 5. The summed E-state index contributed by atoms with van der Waals surface area (Å²) < 4.78 is 7.58. The Morgan fingerprint density at radius 2 is 1.88 bits per heavy atom. The number of aryl methyl sites for hydroxylation is 2. The summed E-state index contributed by atoms with van der Waals surface area (Å²) in [5.41, 5.74) is 9.29. The molecule has 4 aromatic rings. The maximum Gasteiger partial charge on any atom is 0.265 e. The molecule has 2 N–H and O–H groups in total. The van der Waals surface area contributed by atoms with Gasteiger partial charge in [-0.3, -0.25) is 9.59 Å². The van der Waals surface area contributed by atoms with E-state index in [0.29, 0.717) is 18.8 Å². The Bertz CT molecular complexity index is 1390. The van der Waals surface area contributed by atoms with Crippen molar-refractivity contribution in [3.63, 3.8) is 0 Å². The van der Waals surface area contributed by atoms with Gasteiger partial charge in [-0.1, -0.05) is 30.7 Å². The minimum atomic E-state index is -0.698. The van der Waals surface area contributed by atoms with Crippen LogP contribution in [0.4, 0.5) is 5.69 Å². The minimum absolute atomic E-state index is 0.0519. The summed E-state index contributed by atoms with van der Waals surface area (Å²) in [6, 6.07) is 13.7. The second-order valence-corrected chi connectivity index (χ2v) is 9.01. The molecule has 0 saturated carbocycles.